The molecular weight excluding hydrogens is 256 g/mol. The van der Waals surface area contributed by atoms with E-state index in [-0.39, 0.29) is 18.1 Å². The first kappa shape index (κ1) is 13.6. The number of hydrogen-bond acceptors (Lipinski definition) is 4. The molecule has 6 nitrogen and oxygen atoms in total. The van der Waals surface area contributed by atoms with Crippen LogP contribution in [0.15, 0.2) is 12.4 Å². The minimum absolute atomic E-state index is 0.145. The molecule has 110 valence electrons. The Bertz CT molecular complexity index is 442. The van der Waals surface area contributed by atoms with Gasteiger partial charge in [-0.05, 0) is 26.3 Å². The van der Waals surface area contributed by atoms with E-state index in [0.29, 0.717) is 13.2 Å². The number of rotatable bonds is 2. The Hall–Kier alpha value is -1.40. The number of aromatic nitrogens is 2. The van der Waals surface area contributed by atoms with Gasteiger partial charge < -0.3 is 14.6 Å². The number of nitrogens with one attached hydrogen (secondary N) is 1. The van der Waals surface area contributed by atoms with Crippen molar-refractivity contribution in [2.45, 2.75) is 31.4 Å². The molecular formula is C14H22N4O2. The van der Waals surface area contributed by atoms with Gasteiger partial charge in [0.25, 0.3) is 5.91 Å². The number of nitrogens with zero attached hydrogens (tertiary/aromatic N) is 3. The van der Waals surface area contributed by atoms with Gasteiger partial charge in [0.05, 0.1) is 6.04 Å². The minimum atomic E-state index is -0.232. The summed E-state index contributed by atoms with van der Waals surface area (Å²) in [5, 5.41) is 0. The van der Waals surface area contributed by atoms with Crippen molar-refractivity contribution in [2.75, 3.05) is 33.3 Å². The average molecular weight is 278 g/mol. The molecule has 1 aromatic heterocycles. The number of piperazine rings is 1. The molecule has 2 aliphatic rings. The minimum Gasteiger partial charge on any atom is -0.368 e. The number of carbonyl (C=O) groups is 1. The van der Waals surface area contributed by atoms with E-state index in [2.05, 4.69) is 21.9 Å². The van der Waals surface area contributed by atoms with Crippen molar-refractivity contribution in [2.24, 2.45) is 0 Å². The third-order valence-corrected chi connectivity index (χ3v) is 4.25. The quantitative estimate of drug-likeness (QED) is 0.869. The van der Waals surface area contributed by atoms with Gasteiger partial charge in [0.1, 0.15) is 11.9 Å². The molecule has 0 radical (unpaired) electrons. The van der Waals surface area contributed by atoms with Gasteiger partial charge in [-0.25, -0.2) is 4.98 Å². The molecule has 20 heavy (non-hydrogen) atoms. The van der Waals surface area contributed by atoms with E-state index in [1.165, 1.54) is 0 Å². The molecule has 0 bridgehead atoms. The average Bonchev–Trinajstić information content (AvgIpc) is 3.02. The standard InChI is InChI=1S/C14H22N4O2/c1-17-7-8-18(10-11(17)13-15-5-6-16-13)14(19)12-4-2-3-9-20-12/h5-6,11-12H,2-4,7-10H2,1H3,(H,15,16)/t11-,12+/m1/s1. The van der Waals surface area contributed by atoms with E-state index < -0.39 is 0 Å². The van der Waals surface area contributed by atoms with Gasteiger partial charge in [0, 0.05) is 38.6 Å². The first-order valence-corrected chi connectivity index (χ1v) is 7.35. The molecule has 0 aromatic carbocycles. The number of imidazole rings is 1. The summed E-state index contributed by atoms with van der Waals surface area (Å²) in [4.78, 5) is 24.2. The van der Waals surface area contributed by atoms with Crippen LogP contribution in [0.25, 0.3) is 0 Å². The Morgan fingerprint density at radius 2 is 2.35 bits per heavy atom. The maximum Gasteiger partial charge on any atom is 0.251 e. The van der Waals surface area contributed by atoms with E-state index in [4.69, 9.17) is 4.74 Å². The molecule has 1 aromatic rings. The van der Waals surface area contributed by atoms with Crippen LogP contribution in [0.3, 0.4) is 0 Å². The van der Waals surface area contributed by atoms with Crippen LogP contribution in [-0.4, -0.2) is 65.1 Å². The zero-order chi connectivity index (χ0) is 13.9. The number of amides is 1. The first-order chi connectivity index (χ1) is 9.75. The fourth-order valence-corrected chi connectivity index (χ4v) is 2.97. The van der Waals surface area contributed by atoms with E-state index >= 15 is 0 Å². The first-order valence-electron chi connectivity index (χ1n) is 7.35. The molecule has 0 aliphatic carbocycles. The summed E-state index contributed by atoms with van der Waals surface area (Å²) in [7, 11) is 2.08. The highest BCUT2D eigenvalue weighted by atomic mass is 16.5. The van der Waals surface area contributed by atoms with Crippen molar-refractivity contribution in [3.63, 3.8) is 0 Å². The molecule has 2 fully saturated rings. The number of H-pyrrole nitrogens is 1. The molecule has 3 rings (SSSR count). The van der Waals surface area contributed by atoms with Gasteiger partial charge in [-0.3, -0.25) is 9.69 Å². The molecule has 0 spiro atoms. The second-order valence-corrected chi connectivity index (χ2v) is 5.61. The monoisotopic (exact) mass is 278 g/mol. The highest BCUT2D eigenvalue weighted by Crippen LogP contribution is 2.23. The summed E-state index contributed by atoms with van der Waals surface area (Å²) in [5.74, 6) is 1.07. The number of aromatic amines is 1. The Morgan fingerprint density at radius 1 is 1.45 bits per heavy atom. The van der Waals surface area contributed by atoms with Crippen LogP contribution in [0.4, 0.5) is 0 Å². The van der Waals surface area contributed by atoms with Crippen molar-refractivity contribution in [3.8, 4) is 0 Å². The lowest BCUT2D eigenvalue weighted by Crippen LogP contribution is -2.52. The van der Waals surface area contributed by atoms with Gasteiger partial charge in [-0.2, -0.15) is 0 Å². The second-order valence-electron chi connectivity index (χ2n) is 5.61. The molecule has 1 N–H and O–H groups in total. The van der Waals surface area contributed by atoms with Crippen molar-refractivity contribution < 1.29 is 9.53 Å². The number of carbonyl (C=O) groups excluding carboxylic acids is 1. The molecule has 2 aliphatic heterocycles. The normalized spacial score (nSPS) is 28.6. The predicted molar refractivity (Wildman–Crippen MR) is 74.1 cm³/mol. The van der Waals surface area contributed by atoms with Crippen LogP contribution >= 0.6 is 0 Å². The van der Waals surface area contributed by atoms with Crippen molar-refractivity contribution in [1.29, 1.82) is 0 Å². The van der Waals surface area contributed by atoms with E-state index in [1.807, 2.05) is 11.1 Å². The maximum atomic E-state index is 12.5. The van der Waals surface area contributed by atoms with Gasteiger partial charge in [-0.1, -0.05) is 0 Å². The predicted octanol–water partition coefficient (Wildman–Crippen LogP) is 0.794. The van der Waals surface area contributed by atoms with E-state index in [1.54, 1.807) is 6.20 Å². The van der Waals surface area contributed by atoms with Crippen LogP contribution in [-0.2, 0) is 9.53 Å². The zero-order valence-corrected chi connectivity index (χ0v) is 11.9. The Morgan fingerprint density at radius 3 is 3.05 bits per heavy atom. The van der Waals surface area contributed by atoms with Crippen LogP contribution in [0, 0.1) is 0 Å². The van der Waals surface area contributed by atoms with Crippen molar-refractivity contribution >= 4 is 5.91 Å². The fourth-order valence-electron chi connectivity index (χ4n) is 2.97. The van der Waals surface area contributed by atoms with Crippen molar-refractivity contribution in [1.82, 2.24) is 19.8 Å². The highest BCUT2D eigenvalue weighted by Gasteiger charge is 2.33. The summed E-state index contributed by atoms with van der Waals surface area (Å²) in [6.45, 7) is 3.03. The van der Waals surface area contributed by atoms with Gasteiger partial charge in [-0.15, -0.1) is 0 Å². The summed E-state index contributed by atoms with van der Waals surface area (Å²) in [5.41, 5.74) is 0. The maximum absolute atomic E-state index is 12.5. The largest absolute Gasteiger partial charge is 0.368 e. The van der Waals surface area contributed by atoms with Crippen LogP contribution in [0.5, 0.6) is 0 Å². The Kier molecular flexibility index (Phi) is 4.03. The van der Waals surface area contributed by atoms with E-state index in [0.717, 1.165) is 38.2 Å². The molecule has 0 unspecified atom stereocenters. The lowest BCUT2D eigenvalue weighted by molar-refractivity contribution is -0.149. The Balaban J connectivity index is 1.67. The lowest BCUT2D eigenvalue weighted by atomic mass is 10.1. The van der Waals surface area contributed by atoms with Crippen LogP contribution < -0.4 is 0 Å². The zero-order valence-electron chi connectivity index (χ0n) is 11.9. The number of ether oxygens (including phenoxy) is 1. The van der Waals surface area contributed by atoms with Gasteiger partial charge in [0.2, 0.25) is 0 Å². The molecule has 2 atom stereocenters. The summed E-state index contributed by atoms with van der Waals surface area (Å²) in [6, 6.07) is 0.145. The van der Waals surface area contributed by atoms with E-state index in [9.17, 15) is 4.79 Å². The summed E-state index contributed by atoms with van der Waals surface area (Å²) >= 11 is 0. The molecule has 1 amide bonds. The van der Waals surface area contributed by atoms with Gasteiger partial charge in [0.15, 0.2) is 0 Å². The molecule has 3 heterocycles. The topological polar surface area (TPSA) is 61.5 Å². The SMILES string of the molecule is CN1CCN(C(=O)[C@@H]2CCCCO2)C[C@@H]1c1ncc[nH]1. The van der Waals surface area contributed by atoms with Gasteiger partial charge >= 0.3 is 0 Å². The Labute approximate surface area is 119 Å². The summed E-state index contributed by atoms with van der Waals surface area (Å²) in [6.07, 6.45) is 6.37. The highest BCUT2D eigenvalue weighted by molar-refractivity contribution is 5.81. The lowest BCUT2D eigenvalue weighted by Gasteiger charge is -2.40. The molecule has 6 heteroatoms. The third kappa shape index (κ3) is 2.71. The van der Waals surface area contributed by atoms with Crippen molar-refractivity contribution in [3.05, 3.63) is 18.2 Å². The number of hydrogen-bond donors (Lipinski definition) is 1. The van der Waals surface area contributed by atoms with Crippen LogP contribution in [0.2, 0.25) is 0 Å². The molecule has 2 saturated heterocycles. The third-order valence-electron chi connectivity index (χ3n) is 4.25. The number of likely N-dealkylation sites (N-methyl/N-ethyl adjacent to an activating group) is 1. The summed E-state index contributed by atoms with van der Waals surface area (Å²) < 4.78 is 5.62. The second kappa shape index (κ2) is 5.93. The smallest absolute Gasteiger partial charge is 0.251 e. The van der Waals surface area contributed by atoms with Crippen LogP contribution in [0.1, 0.15) is 31.1 Å². The fraction of sp³-hybridized carbons (Fsp3) is 0.714. The molecule has 0 saturated carbocycles.